The van der Waals surface area contributed by atoms with Crippen molar-refractivity contribution in [1.29, 1.82) is 0 Å². The molecular weight excluding hydrogens is 335 g/mol. The Balaban J connectivity index is 1.87. The van der Waals surface area contributed by atoms with E-state index in [1.54, 1.807) is 0 Å². The first kappa shape index (κ1) is 14.8. The average molecular weight is 357 g/mol. The second-order valence-corrected chi connectivity index (χ2v) is 11.5. The van der Waals surface area contributed by atoms with E-state index in [-0.39, 0.29) is 0 Å². The molecule has 0 saturated heterocycles. The zero-order valence-electron chi connectivity index (χ0n) is 12.8. The molecule has 0 heterocycles. The standard InChI is InChI=1S/C9H12O.2C5H5.Zr/c1-6-4-9(10)5-7(2)8(6)3;2*1-2-4-5-3-1;/h4-5,10H,1-3H3;2*1-5H;/q;;;+1/p-1. The topological polar surface area (TPSA) is 9.23 Å². The van der Waals surface area contributed by atoms with E-state index in [4.69, 9.17) is 2.81 Å². The van der Waals surface area contributed by atoms with E-state index in [0.717, 1.165) is 5.75 Å². The Hall–Kier alpha value is -1.14. The van der Waals surface area contributed by atoms with Gasteiger partial charge in [-0.3, -0.25) is 0 Å². The molecule has 0 atom stereocenters. The Morgan fingerprint density at radius 3 is 1.62 bits per heavy atom. The van der Waals surface area contributed by atoms with E-state index >= 15 is 0 Å². The predicted octanol–water partition coefficient (Wildman–Crippen LogP) is 5.35. The van der Waals surface area contributed by atoms with Gasteiger partial charge in [0.2, 0.25) is 0 Å². The maximum atomic E-state index is 6.59. The summed E-state index contributed by atoms with van der Waals surface area (Å²) >= 11 is -2.13. The minimum absolute atomic E-state index is 0.534. The van der Waals surface area contributed by atoms with E-state index in [2.05, 4.69) is 81.5 Å². The molecule has 21 heavy (non-hydrogen) atoms. The first-order chi connectivity index (χ1) is 10.1. The van der Waals surface area contributed by atoms with Crippen LogP contribution in [0.5, 0.6) is 5.75 Å². The summed E-state index contributed by atoms with van der Waals surface area (Å²) in [7, 11) is 0. The molecule has 2 aliphatic carbocycles. The summed E-state index contributed by atoms with van der Waals surface area (Å²) in [5.74, 6) is 1.06. The van der Waals surface area contributed by atoms with E-state index < -0.39 is 22.2 Å². The summed E-state index contributed by atoms with van der Waals surface area (Å²) in [4.78, 5) is 0. The van der Waals surface area contributed by atoms with Crippen LogP contribution in [-0.2, 0) is 22.2 Å². The van der Waals surface area contributed by atoms with E-state index in [1.807, 2.05) is 0 Å². The van der Waals surface area contributed by atoms with Crippen molar-refractivity contribution >= 4 is 0 Å². The van der Waals surface area contributed by atoms with E-state index in [0.29, 0.717) is 7.25 Å². The van der Waals surface area contributed by atoms with Crippen LogP contribution in [0, 0.1) is 20.8 Å². The summed E-state index contributed by atoms with van der Waals surface area (Å²) in [6, 6.07) is 4.40. The zero-order chi connectivity index (χ0) is 14.8. The van der Waals surface area contributed by atoms with E-state index in [1.165, 1.54) is 16.7 Å². The third-order valence-corrected chi connectivity index (χ3v) is 10.6. The van der Waals surface area contributed by atoms with Gasteiger partial charge in [0, 0.05) is 0 Å². The van der Waals surface area contributed by atoms with Crippen LogP contribution < -0.4 is 2.81 Å². The number of hydrogen-bond acceptors (Lipinski definition) is 1. The second-order valence-electron chi connectivity index (χ2n) is 5.78. The van der Waals surface area contributed by atoms with Crippen LogP contribution in [0.3, 0.4) is 0 Å². The Labute approximate surface area is 136 Å². The van der Waals surface area contributed by atoms with Crippen molar-refractivity contribution in [2.45, 2.75) is 28.0 Å². The Bertz CT molecular complexity index is 577. The Morgan fingerprint density at radius 1 is 0.762 bits per heavy atom. The SMILES string of the molecule is Cc1cc([O][Zr]([CH]2C=CC=C2)[CH]2C=CC=C2)cc(C)c1C. The van der Waals surface area contributed by atoms with E-state index in [9.17, 15) is 0 Å². The molecule has 1 aromatic carbocycles. The van der Waals surface area contributed by atoms with Crippen LogP contribution in [0.2, 0.25) is 7.25 Å². The number of rotatable bonds is 4. The summed E-state index contributed by atoms with van der Waals surface area (Å²) in [5, 5.41) is 0. The van der Waals surface area contributed by atoms with Gasteiger partial charge in [0.05, 0.1) is 0 Å². The third kappa shape index (κ3) is 3.21. The molecule has 3 rings (SSSR count). The maximum absolute atomic E-state index is 6.59. The molecule has 0 aliphatic heterocycles. The van der Waals surface area contributed by atoms with Crippen LogP contribution in [0.25, 0.3) is 0 Å². The molecule has 0 bridgehead atoms. The van der Waals surface area contributed by atoms with Gasteiger partial charge < -0.3 is 0 Å². The quantitative estimate of drug-likeness (QED) is 0.706. The summed E-state index contributed by atoms with van der Waals surface area (Å²) in [5.41, 5.74) is 4.01. The van der Waals surface area contributed by atoms with Crippen molar-refractivity contribution in [3.63, 3.8) is 0 Å². The van der Waals surface area contributed by atoms with Crippen molar-refractivity contribution in [2.24, 2.45) is 0 Å². The fraction of sp³-hybridized carbons (Fsp3) is 0.263. The van der Waals surface area contributed by atoms with Gasteiger partial charge in [-0.25, -0.2) is 0 Å². The van der Waals surface area contributed by atoms with Crippen molar-refractivity contribution in [3.8, 4) is 5.75 Å². The minimum atomic E-state index is -2.13. The fourth-order valence-electron chi connectivity index (χ4n) is 2.79. The molecule has 0 radical (unpaired) electrons. The molecule has 0 saturated carbocycles. The zero-order valence-corrected chi connectivity index (χ0v) is 15.3. The molecule has 0 unspecified atom stereocenters. The number of allylic oxidation sites excluding steroid dienone is 8. The molecule has 1 nitrogen and oxygen atoms in total. The first-order valence-electron chi connectivity index (χ1n) is 7.47. The number of benzene rings is 1. The Morgan fingerprint density at radius 2 is 1.19 bits per heavy atom. The van der Waals surface area contributed by atoms with Gasteiger partial charge in [-0.2, -0.15) is 0 Å². The fourth-order valence-corrected chi connectivity index (χ4v) is 8.47. The van der Waals surface area contributed by atoms with Gasteiger partial charge in [-0.1, -0.05) is 0 Å². The van der Waals surface area contributed by atoms with Gasteiger partial charge in [-0.15, -0.1) is 0 Å². The van der Waals surface area contributed by atoms with Gasteiger partial charge in [0.25, 0.3) is 0 Å². The summed E-state index contributed by atoms with van der Waals surface area (Å²) in [6.45, 7) is 6.52. The van der Waals surface area contributed by atoms with Crippen LogP contribution in [0.1, 0.15) is 16.7 Å². The van der Waals surface area contributed by atoms with Crippen molar-refractivity contribution in [3.05, 3.63) is 77.4 Å². The Kier molecular flexibility index (Phi) is 4.45. The number of aryl methyl sites for hydroxylation is 2. The van der Waals surface area contributed by atoms with Crippen LogP contribution in [0.15, 0.2) is 60.7 Å². The van der Waals surface area contributed by atoms with Gasteiger partial charge in [-0.05, 0) is 0 Å². The molecule has 0 N–H and O–H groups in total. The van der Waals surface area contributed by atoms with Crippen LogP contribution >= 0.6 is 0 Å². The summed E-state index contributed by atoms with van der Waals surface area (Å²) in [6.07, 6.45) is 17.9. The molecule has 107 valence electrons. The predicted molar refractivity (Wildman–Crippen MR) is 85.3 cm³/mol. The van der Waals surface area contributed by atoms with Crippen molar-refractivity contribution in [1.82, 2.24) is 0 Å². The molecular formula is C19H21OZr. The summed E-state index contributed by atoms with van der Waals surface area (Å²) < 4.78 is 7.66. The molecule has 1 aromatic rings. The normalized spacial score (nSPS) is 17.1. The van der Waals surface area contributed by atoms with Crippen LogP contribution in [0.4, 0.5) is 0 Å². The van der Waals surface area contributed by atoms with Gasteiger partial charge in [0.15, 0.2) is 0 Å². The van der Waals surface area contributed by atoms with Crippen LogP contribution in [-0.4, -0.2) is 0 Å². The second kappa shape index (κ2) is 6.32. The van der Waals surface area contributed by atoms with Crippen molar-refractivity contribution < 1.29 is 25.0 Å². The number of hydrogen-bond donors (Lipinski definition) is 0. The monoisotopic (exact) mass is 355 g/mol. The third-order valence-electron chi connectivity index (χ3n) is 4.29. The molecule has 2 aliphatic rings. The molecule has 0 spiro atoms. The molecule has 0 amide bonds. The average Bonchev–Trinajstić information content (AvgIpc) is 3.14. The first-order valence-corrected chi connectivity index (χ1v) is 11.3. The molecule has 0 fully saturated rings. The molecule has 0 aromatic heterocycles. The molecule has 2 heteroatoms. The van der Waals surface area contributed by atoms with Crippen molar-refractivity contribution in [2.75, 3.05) is 0 Å². The van der Waals surface area contributed by atoms with Gasteiger partial charge >= 0.3 is 136 Å². The van der Waals surface area contributed by atoms with Gasteiger partial charge in [0.1, 0.15) is 0 Å².